The number of halogens is 1. The molecule has 1 aromatic heterocycles. The number of rotatable bonds is 15. The largest absolute Gasteiger partial charge is 0.448 e. The van der Waals surface area contributed by atoms with Gasteiger partial charge in [0.15, 0.2) is 23.6 Å². The molecule has 2 amide bonds. The quantitative estimate of drug-likeness (QED) is 0.0126. The summed E-state index contributed by atoms with van der Waals surface area (Å²) in [7, 11) is -1.68. The Labute approximate surface area is 378 Å². The van der Waals surface area contributed by atoms with Crippen LogP contribution in [0.1, 0.15) is 39.6 Å². The summed E-state index contributed by atoms with van der Waals surface area (Å²) in [5.74, 6) is 0.176. The van der Waals surface area contributed by atoms with E-state index in [1.165, 1.54) is 16.2 Å². The Balaban J connectivity index is 1.07. The van der Waals surface area contributed by atoms with E-state index in [0.717, 1.165) is 27.8 Å². The molecule has 6 aromatic rings. The Kier molecular flexibility index (Phi) is 13.0. The monoisotopic (exact) mass is 971 g/mol. The molecule has 0 spiro atoms. The summed E-state index contributed by atoms with van der Waals surface area (Å²) >= 11 is 3.33. The predicted molar refractivity (Wildman–Crippen MR) is 249 cm³/mol. The van der Waals surface area contributed by atoms with Crippen LogP contribution in [0.4, 0.5) is 5.13 Å². The fourth-order valence-electron chi connectivity index (χ4n) is 7.62. The molecule has 0 radical (unpaired) electrons. The molecule has 3 atom stereocenters. The molecule has 5 aromatic carbocycles. The van der Waals surface area contributed by atoms with Gasteiger partial charge in [-0.3, -0.25) is 18.7 Å². The number of anilines is 1. The number of β-lactam (4-membered cyclic amide) rings is 1. The van der Waals surface area contributed by atoms with Gasteiger partial charge in [0.05, 0.1) is 16.6 Å². The van der Waals surface area contributed by atoms with E-state index in [1.807, 2.05) is 152 Å². The molecular weight excluding hydrogens is 934 g/mol. The number of esters is 1. The molecule has 2 aliphatic heterocycles. The highest BCUT2D eigenvalue weighted by atomic mass is 127. The van der Waals surface area contributed by atoms with Gasteiger partial charge < -0.3 is 20.2 Å². The van der Waals surface area contributed by atoms with E-state index in [1.54, 1.807) is 5.38 Å². The van der Waals surface area contributed by atoms with Crippen molar-refractivity contribution >= 4 is 73.4 Å². The SMILES string of the molecule is C#CCON=C(C(=O)NC1C(=O)N2C(C(=O)OC(c3ccccc3)c3ccccc3)=C(CI)CS(=O)[C@H]12)c1csc(NC(c2ccccc2)(c2ccccc2)c2ccccc2)n1. The molecule has 8 rings (SSSR count). The number of nitrogens with one attached hydrogen (secondary N) is 2. The van der Waals surface area contributed by atoms with Gasteiger partial charge in [0.2, 0.25) is 0 Å². The van der Waals surface area contributed by atoms with Gasteiger partial charge in [0.1, 0.15) is 28.3 Å². The van der Waals surface area contributed by atoms with Crippen molar-refractivity contribution in [2.24, 2.45) is 5.16 Å². The average Bonchev–Trinajstić information content (AvgIpc) is 3.79. The van der Waals surface area contributed by atoms with E-state index in [2.05, 4.69) is 44.3 Å². The van der Waals surface area contributed by atoms with Crippen molar-refractivity contribution in [3.8, 4) is 12.3 Å². The summed E-state index contributed by atoms with van der Waals surface area (Å²) in [5, 5.41) is 11.6. The zero-order valence-corrected chi connectivity index (χ0v) is 36.7. The molecule has 2 aliphatic rings. The van der Waals surface area contributed by atoms with Crippen molar-refractivity contribution in [2.75, 3.05) is 22.1 Å². The molecule has 62 heavy (non-hydrogen) atoms. The summed E-state index contributed by atoms with van der Waals surface area (Å²) in [6.45, 7) is -0.240. The first-order chi connectivity index (χ1) is 30.3. The fourth-order valence-corrected chi connectivity index (χ4v) is 11.1. The van der Waals surface area contributed by atoms with E-state index in [4.69, 9.17) is 21.0 Å². The van der Waals surface area contributed by atoms with Crippen LogP contribution in [0.15, 0.2) is 173 Å². The van der Waals surface area contributed by atoms with E-state index < -0.39 is 51.6 Å². The third kappa shape index (κ3) is 8.43. The number of carbonyl (C=O) groups excluding carboxylic acids is 3. The molecule has 14 heteroatoms. The number of aromatic nitrogens is 1. The molecule has 3 heterocycles. The molecule has 0 aliphatic carbocycles. The second kappa shape index (κ2) is 19.1. The molecular formula is C48H38IN5O6S2. The highest BCUT2D eigenvalue weighted by Crippen LogP contribution is 2.41. The van der Waals surface area contributed by atoms with E-state index in [-0.39, 0.29) is 29.5 Å². The second-order valence-corrected chi connectivity index (χ2v) is 17.3. The average molecular weight is 972 g/mol. The fraction of sp³-hybridized carbons (Fsp3) is 0.146. The highest BCUT2D eigenvalue weighted by molar-refractivity contribution is 14.1. The summed E-state index contributed by atoms with van der Waals surface area (Å²) < 4.78 is 20.3. The lowest BCUT2D eigenvalue weighted by atomic mass is 9.77. The third-order valence-electron chi connectivity index (χ3n) is 10.5. The molecule has 11 nitrogen and oxygen atoms in total. The highest BCUT2D eigenvalue weighted by Gasteiger charge is 2.57. The van der Waals surface area contributed by atoms with Crippen LogP contribution in [0, 0.1) is 12.3 Å². The molecule has 310 valence electrons. The van der Waals surface area contributed by atoms with Gasteiger partial charge in [-0.25, -0.2) is 9.78 Å². The Hall–Kier alpha value is -6.41. The number of hydrogen-bond donors (Lipinski definition) is 2. The molecule has 2 N–H and O–H groups in total. The molecule has 1 saturated heterocycles. The Morgan fingerprint density at radius 1 is 0.871 bits per heavy atom. The van der Waals surface area contributed by atoms with E-state index in [0.29, 0.717) is 15.1 Å². The van der Waals surface area contributed by atoms with Crippen LogP contribution in [0.3, 0.4) is 0 Å². The van der Waals surface area contributed by atoms with Gasteiger partial charge in [-0.1, -0.05) is 185 Å². The van der Waals surface area contributed by atoms with Crippen molar-refractivity contribution in [3.63, 3.8) is 0 Å². The lowest BCUT2D eigenvalue weighted by molar-refractivity contribution is -0.154. The topological polar surface area (TPSA) is 139 Å². The molecule has 0 bridgehead atoms. The number of oxime groups is 1. The van der Waals surface area contributed by atoms with E-state index >= 15 is 0 Å². The minimum absolute atomic E-state index is 0.00880. The van der Waals surface area contributed by atoms with Crippen LogP contribution in [-0.4, -0.2) is 65.8 Å². The van der Waals surface area contributed by atoms with Crippen molar-refractivity contribution < 1.29 is 28.2 Å². The van der Waals surface area contributed by atoms with Crippen molar-refractivity contribution in [1.82, 2.24) is 15.2 Å². The molecule has 1 fully saturated rings. The summed E-state index contributed by atoms with van der Waals surface area (Å²) in [6.07, 6.45) is 4.67. The zero-order valence-electron chi connectivity index (χ0n) is 32.9. The number of amides is 2. The number of alkyl halides is 1. The van der Waals surface area contributed by atoms with Crippen LogP contribution >= 0.6 is 33.9 Å². The number of hydrogen-bond acceptors (Lipinski definition) is 10. The number of thiazole rings is 1. The number of ether oxygens (including phenoxy) is 1. The van der Waals surface area contributed by atoms with Gasteiger partial charge in [0.25, 0.3) is 11.8 Å². The Morgan fingerprint density at radius 3 is 1.89 bits per heavy atom. The lowest BCUT2D eigenvalue weighted by Crippen LogP contribution is -2.74. The van der Waals surface area contributed by atoms with Crippen LogP contribution in [0.5, 0.6) is 0 Å². The summed E-state index contributed by atoms with van der Waals surface area (Å²) in [4.78, 5) is 53.8. The first-order valence-corrected chi connectivity index (χ1v) is 23.3. The molecule has 2 unspecified atom stereocenters. The van der Waals surface area contributed by atoms with Crippen molar-refractivity contribution in [1.29, 1.82) is 0 Å². The molecule has 0 saturated carbocycles. The normalized spacial score (nSPS) is 17.4. The lowest BCUT2D eigenvalue weighted by Gasteiger charge is -2.49. The maximum Gasteiger partial charge on any atom is 0.356 e. The predicted octanol–water partition coefficient (Wildman–Crippen LogP) is 7.34. The Bertz CT molecular complexity index is 2560. The third-order valence-corrected chi connectivity index (χ3v) is 13.8. The minimum atomic E-state index is -1.68. The van der Waals surface area contributed by atoms with Crippen LogP contribution in [0.25, 0.3) is 0 Å². The van der Waals surface area contributed by atoms with Gasteiger partial charge in [-0.15, -0.1) is 17.8 Å². The first-order valence-electron chi connectivity index (χ1n) is 19.5. The maximum absolute atomic E-state index is 14.2. The second-order valence-electron chi connectivity index (χ2n) is 14.2. The number of terminal acetylenes is 1. The van der Waals surface area contributed by atoms with Crippen LogP contribution in [-0.2, 0) is 40.3 Å². The first kappa shape index (κ1) is 42.3. The number of carbonyl (C=O) groups is 3. The van der Waals surface area contributed by atoms with Crippen molar-refractivity contribution in [2.45, 2.75) is 23.1 Å². The number of benzene rings is 5. The minimum Gasteiger partial charge on any atom is -0.448 e. The van der Waals surface area contributed by atoms with Crippen LogP contribution < -0.4 is 10.6 Å². The van der Waals surface area contributed by atoms with Gasteiger partial charge in [-0.05, 0) is 33.4 Å². The number of nitrogens with zero attached hydrogens (tertiary/aromatic N) is 3. The van der Waals surface area contributed by atoms with Crippen molar-refractivity contribution in [3.05, 3.63) is 202 Å². The van der Waals surface area contributed by atoms with E-state index in [9.17, 15) is 18.6 Å². The van der Waals surface area contributed by atoms with Crippen LogP contribution in [0.2, 0.25) is 0 Å². The zero-order chi connectivity index (χ0) is 43.1. The van der Waals surface area contributed by atoms with Gasteiger partial charge in [-0.2, -0.15) is 0 Å². The number of fused-ring (bicyclic) bond motifs is 1. The standard InChI is InChI=1S/C48H38IN5O6S2/c1-2-28-59-53-39(38-30-61-47(50-38)52-48(35-22-12-5-13-23-35,36-24-14-6-15-25-36)37-26-16-7-17-27-37)43(55)51-40-44(56)54-41(34(29-49)31-62(58)45(40)54)46(57)60-42(32-18-8-3-9-19-32)33-20-10-4-11-21-33/h1,3-27,30,40,42,45H,28-29,31H2,(H,50,52)(H,51,55)/t40?,45-,62?/m1/s1. The maximum atomic E-state index is 14.2. The van der Waals surface area contributed by atoms with Gasteiger partial charge in [0, 0.05) is 9.81 Å². The summed E-state index contributed by atoms with van der Waals surface area (Å²) in [6, 6.07) is 47.3. The smallest absolute Gasteiger partial charge is 0.356 e. The summed E-state index contributed by atoms with van der Waals surface area (Å²) in [5.41, 5.74) is 3.85. The Morgan fingerprint density at radius 2 is 1.39 bits per heavy atom. The van der Waals surface area contributed by atoms with Gasteiger partial charge >= 0.3 is 5.97 Å².